The third-order valence-corrected chi connectivity index (χ3v) is 7.71. The van der Waals surface area contributed by atoms with E-state index in [-0.39, 0.29) is 0 Å². The Morgan fingerprint density at radius 1 is 0.605 bits per heavy atom. The lowest BCUT2D eigenvalue weighted by Gasteiger charge is -2.41. The van der Waals surface area contributed by atoms with Gasteiger partial charge in [0.1, 0.15) is 12.2 Å². The van der Waals surface area contributed by atoms with Crippen LogP contribution in [-0.4, -0.2) is 11.7 Å². The zero-order valence-corrected chi connectivity index (χ0v) is 22.4. The van der Waals surface area contributed by atoms with Crippen LogP contribution in [0.4, 0.5) is 5.69 Å². The van der Waals surface area contributed by atoms with E-state index in [0.717, 1.165) is 33.3 Å². The summed E-state index contributed by atoms with van der Waals surface area (Å²) in [5, 5.41) is 14.4. The Hall–Kier alpha value is -4.22. The predicted molar refractivity (Wildman–Crippen MR) is 158 cm³/mol. The van der Waals surface area contributed by atoms with E-state index >= 15 is 0 Å². The minimum Gasteiger partial charge on any atom is -0.236 e. The molecule has 5 aromatic carbocycles. The van der Waals surface area contributed by atoms with Gasteiger partial charge >= 0.3 is 0 Å². The molecule has 1 heterocycles. The van der Waals surface area contributed by atoms with Crippen molar-refractivity contribution in [3.8, 4) is 11.1 Å². The molecule has 38 heavy (non-hydrogen) atoms. The minimum absolute atomic E-state index is 0.502. The highest BCUT2D eigenvalue weighted by atomic mass is 79.9. The van der Waals surface area contributed by atoms with Gasteiger partial charge in [0, 0.05) is 5.33 Å². The smallest absolute Gasteiger partial charge is 0.137 e. The Morgan fingerprint density at radius 3 is 1.74 bits per heavy atom. The van der Waals surface area contributed by atoms with Gasteiger partial charge < -0.3 is 0 Å². The van der Waals surface area contributed by atoms with Gasteiger partial charge in [-0.2, -0.15) is 0 Å². The van der Waals surface area contributed by atoms with Crippen molar-refractivity contribution in [1.82, 2.24) is 5.01 Å². The first-order chi connectivity index (χ1) is 18.8. The van der Waals surface area contributed by atoms with Gasteiger partial charge in [0.2, 0.25) is 0 Å². The van der Waals surface area contributed by atoms with E-state index in [1.165, 1.54) is 11.1 Å². The van der Waals surface area contributed by atoms with Crippen molar-refractivity contribution >= 4 is 21.6 Å². The molecular weight excluding hydrogens is 532 g/mol. The molecular formula is C33H27BrN4. The van der Waals surface area contributed by atoms with E-state index in [1.54, 1.807) is 0 Å². The fourth-order valence-corrected chi connectivity index (χ4v) is 5.81. The fraction of sp³-hybridized carbons (Fsp3) is 0.0909. The van der Waals surface area contributed by atoms with Crippen LogP contribution >= 0.6 is 15.9 Å². The summed E-state index contributed by atoms with van der Waals surface area (Å²) < 4.78 is 0. The molecule has 0 spiro atoms. The second kappa shape index (κ2) is 10.6. The molecule has 0 fully saturated rings. The Morgan fingerprint density at radius 2 is 1.16 bits per heavy atom. The van der Waals surface area contributed by atoms with Gasteiger partial charge in [0.25, 0.3) is 0 Å². The molecule has 6 rings (SSSR count). The van der Waals surface area contributed by atoms with E-state index in [0.29, 0.717) is 6.67 Å². The van der Waals surface area contributed by atoms with Crippen LogP contribution in [0.1, 0.15) is 22.3 Å². The standard InChI is InChI=1S/C33H27BrN4/c34-24-27-13-10-11-22-32(27)26-14-12-21-31(23-26)37-25-38(36-35-37)33(28-15-4-1-5-16-28,29-17-6-2-7-18-29)30-19-8-3-9-20-30/h1-23H,24-25H2. The molecule has 0 aromatic heterocycles. The Bertz CT molecular complexity index is 1440. The number of hydrogen-bond donors (Lipinski definition) is 0. The molecule has 0 saturated carbocycles. The van der Waals surface area contributed by atoms with Crippen LogP contribution in [0.3, 0.4) is 0 Å². The lowest BCUT2D eigenvalue weighted by Crippen LogP contribution is -2.46. The number of rotatable bonds is 7. The second-order valence-corrected chi connectivity index (χ2v) is 9.83. The molecule has 4 nitrogen and oxygen atoms in total. The van der Waals surface area contributed by atoms with E-state index in [9.17, 15) is 0 Å². The maximum atomic E-state index is 4.81. The Labute approximate surface area is 232 Å². The number of nitrogens with zero attached hydrogens (tertiary/aromatic N) is 4. The highest BCUT2D eigenvalue weighted by Crippen LogP contribution is 2.44. The molecule has 0 amide bonds. The Balaban J connectivity index is 1.44. The number of hydrogen-bond acceptors (Lipinski definition) is 4. The van der Waals surface area contributed by atoms with Crippen molar-refractivity contribution in [1.29, 1.82) is 0 Å². The van der Waals surface area contributed by atoms with Crippen LogP contribution in [0.15, 0.2) is 150 Å². The number of alkyl halides is 1. The third kappa shape index (κ3) is 4.29. The van der Waals surface area contributed by atoms with Gasteiger partial charge in [-0.3, -0.25) is 0 Å². The molecule has 0 saturated heterocycles. The first kappa shape index (κ1) is 24.1. The fourth-order valence-electron chi connectivity index (χ4n) is 5.32. The average molecular weight is 560 g/mol. The average Bonchev–Trinajstić information content (AvgIpc) is 3.50. The van der Waals surface area contributed by atoms with Crippen LogP contribution in [0.5, 0.6) is 0 Å². The molecule has 0 radical (unpaired) electrons. The summed E-state index contributed by atoms with van der Waals surface area (Å²) in [5.74, 6) is 0. The van der Waals surface area contributed by atoms with Gasteiger partial charge in [-0.15, -0.1) is 0 Å². The van der Waals surface area contributed by atoms with Gasteiger partial charge in [-0.1, -0.05) is 143 Å². The monoisotopic (exact) mass is 558 g/mol. The maximum absolute atomic E-state index is 4.81. The lowest BCUT2D eigenvalue weighted by molar-refractivity contribution is 0.181. The van der Waals surface area contributed by atoms with Gasteiger partial charge in [0.15, 0.2) is 0 Å². The summed E-state index contributed by atoms with van der Waals surface area (Å²) in [6.07, 6.45) is 0. The first-order valence-corrected chi connectivity index (χ1v) is 13.8. The van der Waals surface area contributed by atoms with Gasteiger partial charge in [0.05, 0.1) is 5.69 Å². The van der Waals surface area contributed by atoms with E-state index < -0.39 is 5.54 Å². The molecule has 5 heteroatoms. The van der Waals surface area contributed by atoms with Crippen LogP contribution in [0.2, 0.25) is 0 Å². The van der Waals surface area contributed by atoms with E-state index in [1.807, 2.05) is 5.01 Å². The zero-order valence-electron chi connectivity index (χ0n) is 20.9. The second-order valence-electron chi connectivity index (χ2n) is 9.27. The molecule has 0 N–H and O–H groups in total. The van der Waals surface area contributed by atoms with Crippen LogP contribution < -0.4 is 5.01 Å². The highest BCUT2D eigenvalue weighted by Gasteiger charge is 2.45. The van der Waals surface area contributed by atoms with E-state index in [4.69, 9.17) is 5.22 Å². The molecule has 0 aliphatic carbocycles. The largest absolute Gasteiger partial charge is 0.236 e. The van der Waals surface area contributed by atoms with E-state index in [2.05, 4.69) is 166 Å². The maximum Gasteiger partial charge on any atom is 0.137 e. The predicted octanol–water partition coefficient (Wildman–Crippen LogP) is 8.60. The molecule has 0 atom stereocenters. The third-order valence-electron chi connectivity index (χ3n) is 7.10. The molecule has 0 unspecified atom stereocenters. The summed E-state index contributed by atoms with van der Waals surface area (Å²) in [6, 6.07) is 48.8. The van der Waals surface area contributed by atoms with Crippen molar-refractivity contribution in [3.63, 3.8) is 0 Å². The molecule has 5 aromatic rings. The minimum atomic E-state index is -0.651. The SMILES string of the molecule is BrCc1ccccc1-c1cccc(N2CN(C(c3ccccc3)(c3ccccc3)c3ccccc3)N=N2)c1. The zero-order chi connectivity index (χ0) is 25.8. The summed E-state index contributed by atoms with van der Waals surface area (Å²) in [5.41, 5.74) is 7.39. The summed E-state index contributed by atoms with van der Waals surface area (Å²) in [7, 11) is 0. The quantitative estimate of drug-likeness (QED) is 0.148. The number of halogens is 1. The Kier molecular flexibility index (Phi) is 6.76. The van der Waals surface area contributed by atoms with Crippen molar-refractivity contribution in [2.45, 2.75) is 10.9 Å². The van der Waals surface area contributed by atoms with Crippen molar-refractivity contribution in [2.75, 3.05) is 11.7 Å². The van der Waals surface area contributed by atoms with Gasteiger partial charge in [-0.05, 0) is 56.0 Å². The first-order valence-electron chi connectivity index (χ1n) is 12.7. The lowest BCUT2D eigenvalue weighted by atomic mass is 9.76. The van der Waals surface area contributed by atoms with Crippen molar-refractivity contribution in [3.05, 3.63) is 162 Å². The summed E-state index contributed by atoms with van der Waals surface area (Å²) in [6.45, 7) is 0.502. The number of anilines is 1. The van der Waals surface area contributed by atoms with Crippen LogP contribution in [0, 0.1) is 0 Å². The summed E-state index contributed by atoms with van der Waals surface area (Å²) >= 11 is 3.64. The molecule has 1 aliphatic heterocycles. The molecule has 186 valence electrons. The van der Waals surface area contributed by atoms with Crippen molar-refractivity contribution in [2.24, 2.45) is 10.4 Å². The topological polar surface area (TPSA) is 31.2 Å². The van der Waals surface area contributed by atoms with Crippen LogP contribution in [-0.2, 0) is 10.9 Å². The summed E-state index contributed by atoms with van der Waals surface area (Å²) in [4.78, 5) is 0. The van der Waals surface area contributed by atoms with Crippen molar-refractivity contribution < 1.29 is 0 Å². The molecule has 1 aliphatic rings. The molecule has 0 bridgehead atoms. The van der Waals surface area contributed by atoms with Crippen LogP contribution in [0.25, 0.3) is 11.1 Å². The normalized spacial score (nSPS) is 13.2. The van der Waals surface area contributed by atoms with Gasteiger partial charge in [-0.25, -0.2) is 10.0 Å². The number of benzene rings is 5. The highest BCUT2D eigenvalue weighted by molar-refractivity contribution is 9.08.